The molecule has 1 aliphatic heterocycles. The van der Waals surface area contributed by atoms with E-state index in [2.05, 4.69) is 5.32 Å². The number of carboxylic acid groups (broad SMARTS) is 1. The van der Waals surface area contributed by atoms with Crippen LogP contribution in [0.5, 0.6) is 0 Å². The highest BCUT2D eigenvalue weighted by Crippen LogP contribution is 2.49. The van der Waals surface area contributed by atoms with Gasteiger partial charge in [0, 0.05) is 24.6 Å². The summed E-state index contributed by atoms with van der Waals surface area (Å²) in [6, 6.07) is 4.02. The van der Waals surface area contributed by atoms with Gasteiger partial charge in [-0.25, -0.2) is 13.2 Å². The van der Waals surface area contributed by atoms with Gasteiger partial charge < -0.3 is 15.3 Å². The highest BCUT2D eigenvalue weighted by atomic mass is 32.2. The molecule has 27 heavy (non-hydrogen) atoms. The van der Waals surface area contributed by atoms with E-state index in [1.54, 1.807) is 24.8 Å². The quantitative estimate of drug-likeness (QED) is 0.817. The number of benzene rings is 1. The minimum Gasteiger partial charge on any atom is -0.465 e. The van der Waals surface area contributed by atoms with E-state index in [1.165, 1.54) is 19.1 Å². The molecule has 0 radical (unpaired) electrons. The second-order valence-electron chi connectivity index (χ2n) is 7.82. The van der Waals surface area contributed by atoms with Gasteiger partial charge in [0.05, 0.1) is 16.2 Å². The van der Waals surface area contributed by atoms with Crippen molar-refractivity contribution >= 4 is 27.5 Å². The first-order chi connectivity index (χ1) is 12.6. The number of rotatable bonds is 4. The molecular formula is C19H26N2O5S. The van der Waals surface area contributed by atoms with Crippen LogP contribution in [0.2, 0.25) is 0 Å². The number of amides is 2. The highest BCUT2D eigenvalue weighted by Gasteiger charge is 2.48. The van der Waals surface area contributed by atoms with E-state index >= 15 is 0 Å². The maximum absolute atomic E-state index is 12.6. The number of nitrogens with zero attached hydrogens (tertiary/aromatic N) is 1. The van der Waals surface area contributed by atoms with Crippen molar-refractivity contribution in [1.82, 2.24) is 5.32 Å². The number of hydrogen-bond acceptors (Lipinski definition) is 4. The summed E-state index contributed by atoms with van der Waals surface area (Å²) in [4.78, 5) is 25.7. The van der Waals surface area contributed by atoms with E-state index in [0.29, 0.717) is 17.2 Å². The molecular weight excluding hydrogens is 368 g/mol. The molecule has 1 aliphatic carbocycles. The molecule has 2 N–H and O–H groups in total. The Bertz CT molecular complexity index is 876. The number of sulfone groups is 1. The van der Waals surface area contributed by atoms with E-state index in [-0.39, 0.29) is 22.8 Å². The summed E-state index contributed by atoms with van der Waals surface area (Å²) in [5.41, 5.74) is 1.14. The zero-order chi connectivity index (χ0) is 20.1. The van der Waals surface area contributed by atoms with Gasteiger partial charge >= 0.3 is 6.09 Å². The van der Waals surface area contributed by atoms with Gasteiger partial charge in [-0.2, -0.15) is 0 Å². The maximum atomic E-state index is 12.6. The van der Waals surface area contributed by atoms with E-state index in [0.717, 1.165) is 12.8 Å². The largest absolute Gasteiger partial charge is 0.465 e. The van der Waals surface area contributed by atoms with Gasteiger partial charge in [-0.15, -0.1) is 0 Å². The number of carbonyl (C=O) groups is 2. The Labute approximate surface area is 159 Å². The smallest absolute Gasteiger partial charge is 0.405 e. The molecule has 2 amide bonds. The molecule has 8 heteroatoms. The zero-order valence-corrected chi connectivity index (χ0v) is 16.8. The third kappa shape index (κ3) is 3.42. The minimum atomic E-state index is -3.51. The summed E-state index contributed by atoms with van der Waals surface area (Å²) in [5.74, 6) is 0.0597. The van der Waals surface area contributed by atoms with Crippen LogP contribution in [-0.4, -0.2) is 36.8 Å². The normalized spacial score (nSPS) is 25.2. The lowest BCUT2D eigenvalue weighted by molar-refractivity contribution is -0.117. The Kier molecular flexibility index (Phi) is 4.96. The van der Waals surface area contributed by atoms with Crippen LogP contribution in [0.1, 0.15) is 52.1 Å². The second kappa shape index (κ2) is 6.82. The summed E-state index contributed by atoms with van der Waals surface area (Å²) in [5, 5.41) is 11.3. The molecule has 1 aromatic rings. The predicted octanol–water partition coefficient (Wildman–Crippen LogP) is 2.96. The molecule has 3 rings (SSSR count). The fraction of sp³-hybridized carbons (Fsp3) is 0.579. The summed E-state index contributed by atoms with van der Waals surface area (Å²) < 4.78 is 25.2. The second-order valence-corrected chi connectivity index (χ2v) is 10.3. The molecule has 3 atom stereocenters. The summed E-state index contributed by atoms with van der Waals surface area (Å²) >= 11 is 0. The lowest BCUT2D eigenvalue weighted by Gasteiger charge is -2.45. The fourth-order valence-corrected chi connectivity index (χ4v) is 5.22. The van der Waals surface area contributed by atoms with Gasteiger partial charge in [0.25, 0.3) is 0 Å². The summed E-state index contributed by atoms with van der Waals surface area (Å²) in [6.45, 7) is 6.63. The van der Waals surface area contributed by atoms with Crippen molar-refractivity contribution in [3.8, 4) is 0 Å². The molecule has 1 saturated carbocycles. The van der Waals surface area contributed by atoms with Gasteiger partial charge in [0.15, 0.2) is 9.84 Å². The van der Waals surface area contributed by atoms with Crippen molar-refractivity contribution in [2.24, 2.45) is 11.8 Å². The first-order valence-electron chi connectivity index (χ1n) is 9.22. The van der Waals surface area contributed by atoms with Gasteiger partial charge in [0.1, 0.15) is 0 Å². The van der Waals surface area contributed by atoms with Crippen LogP contribution in [0.25, 0.3) is 0 Å². The Morgan fingerprint density at radius 3 is 2.37 bits per heavy atom. The SMILES string of the molecule is CC(=O)N1c2ccc(S(=O)(=O)C(C)C)cc2[C@H](NC(=O)O)[C@@H](C)[C@@H]1C1CC1. The van der Waals surface area contributed by atoms with Crippen LogP contribution < -0.4 is 10.2 Å². The predicted molar refractivity (Wildman–Crippen MR) is 102 cm³/mol. The lowest BCUT2D eigenvalue weighted by Crippen LogP contribution is -2.53. The van der Waals surface area contributed by atoms with Crippen LogP contribution >= 0.6 is 0 Å². The van der Waals surface area contributed by atoms with Crippen molar-refractivity contribution in [2.75, 3.05) is 4.90 Å². The Hall–Kier alpha value is -2.09. The average Bonchev–Trinajstić information content (AvgIpc) is 3.40. The molecule has 1 fully saturated rings. The van der Waals surface area contributed by atoms with Crippen molar-refractivity contribution in [3.05, 3.63) is 23.8 Å². The average molecular weight is 394 g/mol. The van der Waals surface area contributed by atoms with Crippen LogP contribution in [0.3, 0.4) is 0 Å². The first kappa shape index (κ1) is 19.7. The third-order valence-electron chi connectivity index (χ3n) is 5.63. The molecule has 148 valence electrons. The molecule has 0 saturated heterocycles. The van der Waals surface area contributed by atoms with Crippen molar-refractivity contribution in [1.29, 1.82) is 0 Å². The summed E-state index contributed by atoms with van der Waals surface area (Å²) in [6.07, 6.45) is 0.849. The maximum Gasteiger partial charge on any atom is 0.405 e. The van der Waals surface area contributed by atoms with Crippen molar-refractivity contribution in [2.45, 2.75) is 62.8 Å². The molecule has 1 aromatic carbocycles. The first-order valence-corrected chi connectivity index (χ1v) is 10.8. The van der Waals surface area contributed by atoms with Crippen molar-refractivity contribution in [3.63, 3.8) is 0 Å². The summed E-state index contributed by atoms with van der Waals surface area (Å²) in [7, 11) is -3.51. The monoisotopic (exact) mass is 394 g/mol. The van der Waals surface area contributed by atoms with Crippen molar-refractivity contribution < 1.29 is 23.1 Å². The van der Waals surface area contributed by atoms with Gasteiger partial charge in [-0.3, -0.25) is 4.79 Å². The number of hydrogen-bond donors (Lipinski definition) is 2. The minimum absolute atomic E-state index is 0.0978. The zero-order valence-electron chi connectivity index (χ0n) is 16.0. The molecule has 7 nitrogen and oxygen atoms in total. The lowest BCUT2D eigenvalue weighted by atomic mass is 9.80. The van der Waals surface area contributed by atoms with Crippen LogP contribution in [0.15, 0.2) is 23.1 Å². The van der Waals surface area contributed by atoms with Crippen LogP contribution in [0, 0.1) is 11.8 Å². The Morgan fingerprint density at radius 2 is 1.89 bits per heavy atom. The number of nitrogens with one attached hydrogen (secondary N) is 1. The molecule has 1 heterocycles. The van der Waals surface area contributed by atoms with Gasteiger partial charge in [-0.05, 0) is 56.4 Å². The number of anilines is 1. The van der Waals surface area contributed by atoms with Crippen LogP contribution in [-0.2, 0) is 14.6 Å². The Balaban J connectivity index is 2.19. The van der Waals surface area contributed by atoms with E-state index in [4.69, 9.17) is 0 Å². The fourth-order valence-electron chi connectivity index (χ4n) is 4.13. The highest BCUT2D eigenvalue weighted by molar-refractivity contribution is 7.92. The number of carbonyl (C=O) groups excluding carboxylic acids is 1. The van der Waals surface area contributed by atoms with Gasteiger partial charge in [0.2, 0.25) is 5.91 Å². The molecule has 0 unspecified atom stereocenters. The standard InChI is InChI=1S/C19H26N2O5S/c1-10(2)27(25,26)14-7-8-16-15(9-14)17(20-19(23)24)11(3)18(13-5-6-13)21(16)12(4)22/h7-11,13,17-18,20H,5-6H2,1-4H3,(H,23,24)/t11-,17-,18-/m1/s1. The van der Waals surface area contributed by atoms with E-state index in [9.17, 15) is 23.1 Å². The third-order valence-corrected chi connectivity index (χ3v) is 7.78. The molecule has 0 bridgehead atoms. The van der Waals surface area contributed by atoms with E-state index in [1.807, 2.05) is 6.92 Å². The van der Waals surface area contributed by atoms with Crippen LogP contribution in [0.4, 0.5) is 10.5 Å². The topological polar surface area (TPSA) is 104 Å². The van der Waals surface area contributed by atoms with Gasteiger partial charge in [-0.1, -0.05) is 6.92 Å². The molecule has 2 aliphatic rings. The molecule has 0 aromatic heterocycles. The van der Waals surface area contributed by atoms with E-state index < -0.39 is 27.2 Å². The number of fused-ring (bicyclic) bond motifs is 1. The Morgan fingerprint density at radius 1 is 1.26 bits per heavy atom. The molecule has 0 spiro atoms.